The monoisotopic (exact) mass is 230 g/mol. The van der Waals surface area contributed by atoms with Crippen LogP contribution in [0.5, 0.6) is 5.88 Å². The Bertz CT molecular complexity index is 430. The minimum Gasteiger partial charge on any atom is -0.481 e. The maximum Gasteiger partial charge on any atom is 0.212 e. The van der Waals surface area contributed by atoms with Gasteiger partial charge in [-0.3, -0.25) is 0 Å². The van der Waals surface area contributed by atoms with Gasteiger partial charge in [-0.05, 0) is 43.0 Å². The third kappa shape index (κ3) is 1.95. The van der Waals surface area contributed by atoms with Gasteiger partial charge in [-0.15, -0.1) is 0 Å². The Kier molecular flexibility index (Phi) is 2.63. The van der Waals surface area contributed by atoms with Gasteiger partial charge in [-0.1, -0.05) is 6.08 Å². The van der Waals surface area contributed by atoms with Crippen molar-refractivity contribution in [3.8, 4) is 5.88 Å². The predicted molar refractivity (Wildman–Crippen MR) is 67.9 cm³/mol. The lowest BCUT2D eigenvalue weighted by atomic mass is 9.87. The number of hydrogen-bond acceptors (Lipinski definition) is 3. The molecule has 1 atom stereocenters. The highest BCUT2D eigenvalue weighted by atomic mass is 16.5. The van der Waals surface area contributed by atoms with Crippen LogP contribution in [0, 0.1) is 5.41 Å². The molecule has 90 valence electrons. The van der Waals surface area contributed by atoms with Crippen LogP contribution in [0.25, 0.3) is 5.57 Å². The van der Waals surface area contributed by atoms with Crippen molar-refractivity contribution >= 4 is 5.57 Å². The van der Waals surface area contributed by atoms with E-state index in [2.05, 4.69) is 22.4 Å². The number of aromatic nitrogens is 1. The van der Waals surface area contributed by atoms with Crippen molar-refractivity contribution in [3.05, 3.63) is 30.0 Å². The van der Waals surface area contributed by atoms with Gasteiger partial charge in [-0.25, -0.2) is 4.98 Å². The molecule has 3 nitrogen and oxygen atoms in total. The number of ether oxygens (including phenoxy) is 1. The molecule has 3 heteroatoms. The van der Waals surface area contributed by atoms with E-state index in [0.717, 1.165) is 13.1 Å². The van der Waals surface area contributed by atoms with Crippen molar-refractivity contribution in [2.45, 2.75) is 19.3 Å². The van der Waals surface area contributed by atoms with Crippen LogP contribution in [0.2, 0.25) is 0 Å². The lowest BCUT2D eigenvalue weighted by molar-refractivity contribution is 0.398. The van der Waals surface area contributed by atoms with Crippen molar-refractivity contribution in [2.24, 2.45) is 5.41 Å². The first-order valence-electron chi connectivity index (χ1n) is 6.24. The Hall–Kier alpha value is -1.35. The van der Waals surface area contributed by atoms with Crippen LogP contribution in [-0.4, -0.2) is 25.2 Å². The highest BCUT2D eigenvalue weighted by molar-refractivity contribution is 5.68. The molecule has 17 heavy (non-hydrogen) atoms. The second-order valence-electron chi connectivity index (χ2n) is 5.05. The van der Waals surface area contributed by atoms with E-state index in [-0.39, 0.29) is 0 Å². The Labute approximate surface area is 102 Å². The highest BCUT2D eigenvalue weighted by Crippen LogP contribution is 2.44. The lowest BCUT2D eigenvalue weighted by Crippen LogP contribution is -2.18. The molecule has 2 aliphatic rings. The third-order valence-electron chi connectivity index (χ3n) is 3.97. The zero-order chi connectivity index (χ0) is 11.7. The van der Waals surface area contributed by atoms with Crippen molar-refractivity contribution in [2.75, 3.05) is 20.2 Å². The summed E-state index contributed by atoms with van der Waals surface area (Å²) in [5.41, 5.74) is 3.12. The second-order valence-corrected chi connectivity index (χ2v) is 5.05. The minimum atomic E-state index is 0.426. The van der Waals surface area contributed by atoms with E-state index >= 15 is 0 Å². The number of pyridine rings is 1. The molecule has 1 aliphatic heterocycles. The normalized spacial score (nSPS) is 27.5. The summed E-state index contributed by atoms with van der Waals surface area (Å²) >= 11 is 0. The van der Waals surface area contributed by atoms with Crippen LogP contribution in [0.1, 0.15) is 24.8 Å². The average molecular weight is 230 g/mol. The molecule has 0 amide bonds. The van der Waals surface area contributed by atoms with E-state index in [1.54, 1.807) is 7.11 Å². The number of hydrogen-bond donors (Lipinski definition) is 1. The van der Waals surface area contributed by atoms with E-state index in [0.29, 0.717) is 11.3 Å². The third-order valence-corrected chi connectivity index (χ3v) is 3.97. The molecule has 1 spiro atoms. The smallest absolute Gasteiger partial charge is 0.212 e. The minimum absolute atomic E-state index is 0.426. The van der Waals surface area contributed by atoms with Crippen molar-refractivity contribution in [1.82, 2.24) is 10.3 Å². The summed E-state index contributed by atoms with van der Waals surface area (Å²) < 4.78 is 5.08. The zero-order valence-corrected chi connectivity index (χ0v) is 10.2. The molecule has 0 aromatic carbocycles. The van der Waals surface area contributed by atoms with E-state index in [1.165, 1.54) is 30.4 Å². The fourth-order valence-electron chi connectivity index (χ4n) is 2.92. The first-order chi connectivity index (χ1) is 8.31. The molecule has 1 fully saturated rings. The zero-order valence-electron chi connectivity index (χ0n) is 10.2. The van der Waals surface area contributed by atoms with Crippen LogP contribution in [-0.2, 0) is 0 Å². The van der Waals surface area contributed by atoms with Crippen LogP contribution in [0.3, 0.4) is 0 Å². The van der Waals surface area contributed by atoms with Crippen LogP contribution < -0.4 is 10.1 Å². The molecule has 3 rings (SSSR count). The molecule has 1 aliphatic carbocycles. The first-order valence-corrected chi connectivity index (χ1v) is 6.24. The Morgan fingerprint density at radius 3 is 2.94 bits per heavy atom. The summed E-state index contributed by atoms with van der Waals surface area (Å²) in [7, 11) is 1.65. The van der Waals surface area contributed by atoms with Crippen molar-refractivity contribution < 1.29 is 4.74 Å². The Morgan fingerprint density at radius 1 is 1.35 bits per heavy atom. The predicted octanol–water partition coefficient (Wildman–Crippen LogP) is 2.25. The van der Waals surface area contributed by atoms with Crippen LogP contribution >= 0.6 is 0 Å². The van der Waals surface area contributed by atoms with E-state index in [4.69, 9.17) is 4.74 Å². The lowest BCUT2D eigenvalue weighted by Gasteiger charge is -2.17. The summed E-state index contributed by atoms with van der Waals surface area (Å²) in [5.74, 6) is 0.685. The SMILES string of the molecule is COc1ccc(C2=CC3(CCNC3)CC2)cn1. The molecular formula is C14H18N2O. The van der Waals surface area contributed by atoms with Crippen molar-refractivity contribution in [3.63, 3.8) is 0 Å². The molecule has 1 saturated heterocycles. The molecule has 1 aromatic rings. The number of methoxy groups -OCH3 is 1. The van der Waals surface area contributed by atoms with E-state index < -0.39 is 0 Å². The van der Waals surface area contributed by atoms with Crippen LogP contribution in [0.4, 0.5) is 0 Å². The molecular weight excluding hydrogens is 212 g/mol. The second kappa shape index (κ2) is 4.15. The summed E-state index contributed by atoms with van der Waals surface area (Å²) in [6.07, 6.45) is 8.12. The van der Waals surface area contributed by atoms with Crippen molar-refractivity contribution in [1.29, 1.82) is 0 Å². The molecule has 1 N–H and O–H groups in total. The molecule has 2 heterocycles. The molecule has 1 aromatic heterocycles. The van der Waals surface area contributed by atoms with Crippen LogP contribution in [0.15, 0.2) is 24.4 Å². The topological polar surface area (TPSA) is 34.1 Å². The van der Waals surface area contributed by atoms with Gasteiger partial charge in [0.2, 0.25) is 5.88 Å². The molecule has 1 unspecified atom stereocenters. The van der Waals surface area contributed by atoms with E-state index in [1.807, 2.05) is 12.3 Å². The van der Waals surface area contributed by atoms with Gasteiger partial charge >= 0.3 is 0 Å². The molecule has 0 radical (unpaired) electrons. The summed E-state index contributed by atoms with van der Waals surface area (Å²) in [4.78, 5) is 4.28. The van der Waals surface area contributed by atoms with Gasteiger partial charge in [0.25, 0.3) is 0 Å². The quantitative estimate of drug-likeness (QED) is 0.846. The highest BCUT2D eigenvalue weighted by Gasteiger charge is 2.35. The number of allylic oxidation sites excluding steroid dienone is 1. The number of rotatable bonds is 2. The fraction of sp³-hybridized carbons (Fsp3) is 0.500. The number of nitrogens with one attached hydrogen (secondary N) is 1. The van der Waals surface area contributed by atoms with Gasteiger partial charge < -0.3 is 10.1 Å². The first kappa shape index (κ1) is 10.8. The molecule has 0 bridgehead atoms. The summed E-state index contributed by atoms with van der Waals surface area (Å²) in [6.45, 7) is 2.30. The van der Waals surface area contributed by atoms with Gasteiger partial charge in [0.1, 0.15) is 0 Å². The van der Waals surface area contributed by atoms with Gasteiger partial charge in [-0.2, -0.15) is 0 Å². The number of nitrogens with zero attached hydrogens (tertiary/aromatic N) is 1. The summed E-state index contributed by atoms with van der Waals surface area (Å²) in [6, 6.07) is 4.05. The standard InChI is InChI=1S/C14H18N2O/c1-17-13-3-2-12(9-16-13)11-4-5-14(8-11)6-7-15-10-14/h2-3,8-9,15H,4-7,10H2,1H3. The van der Waals surface area contributed by atoms with Gasteiger partial charge in [0.05, 0.1) is 7.11 Å². The fourth-order valence-corrected chi connectivity index (χ4v) is 2.92. The Balaban J connectivity index is 1.84. The largest absolute Gasteiger partial charge is 0.481 e. The molecule has 0 saturated carbocycles. The Morgan fingerprint density at radius 2 is 2.29 bits per heavy atom. The summed E-state index contributed by atoms with van der Waals surface area (Å²) in [5, 5.41) is 3.47. The maximum absolute atomic E-state index is 5.08. The maximum atomic E-state index is 5.08. The van der Waals surface area contributed by atoms with Gasteiger partial charge in [0.15, 0.2) is 0 Å². The average Bonchev–Trinajstić information content (AvgIpc) is 3.01. The van der Waals surface area contributed by atoms with E-state index in [9.17, 15) is 0 Å². The van der Waals surface area contributed by atoms with Gasteiger partial charge in [0, 0.05) is 24.2 Å².